The van der Waals surface area contributed by atoms with E-state index in [1.807, 2.05) is 19.1 Å². The molecule has 0 aliphatic carbocycles. The number of carbonyl (C=O) groups is 1. The quantitative estimate of drug-likeness (QED) is 0.634. The smallest absolute Gasteiger partial charge is 0.325 e. The number of amides is 2. The van der Waals surface area contributed by atoms with Gasteiger partial charge < -0.3 is 26.0 Å². The molecule has 8 heteroatoms. The molecule has 2 aliphatic rings. The van der Waals surface area contributed by atoms with Crippen molar-refractivity contribution < 1.29 is 19.7 Å². The van der Waals surface area contributed by atoms with Gasteiger partial charge in [0.05, 0.1) is 12.7 Å². The number of rotatable bonds is 3. The molecule has 0 radical (unpaired) electrons. The second-order valence-corrected chi connectivity index (χ2v) is 6.73. The maximum absolute atomic E-state index is 12.1. The molecule has 2 amide bonds. The van der Waals surface area contributed by atoms with Crippen molar-refractivity contribution in [1.82, 2.24) is 10.2 Å². The van der Waals surface area contributed by atoms with Gasteiger partial charge in [-0.15, -0.1) is 11.3 Å². The van der Waals surface area contributed by atoms with Gasteiger partial charge in [-0.1, -0.05) is 0 Å². The fraction of sp³-hybridized carbons (Fsp3) is 0.500. The summed E-state index contributed by atoms with van der Waals surface area (Å²) in [4.78, 5) is 15.7. The summed E-state index contributed by atoms with van der Waals surface area (Å²) in [7, 11) is 0. The van der Waals surface area contributed by atoms with E-state index in [4.69, 9.17) is 15.6 Å². The molecule has 1 saturated heterocycles. The third-order valence-electron chi connectivity index (χ3n) is 3.85. The molecule has 3 rings (SSSR count). The Bertz CT molecular complexity index is 603. The van der Waals surface area contributed by atoms with Gasteiger partial charge >= 0.3 is 6.03 Å². The minimum absolute atomic E-state index is 0.251. The molecule has 1 aromatic rings. The molecule has 1 fully saturated rings. The van der Waals surface area contributed by atoms with E-state index in [2.05, 4.69) is 5.32 Å². The summed E-state index contributed by atoms with van der Waals surface area (Å²) in [5, 5.41) is 21.7. The maximum atomic E-state index is 12.1. The van der Waals surface area contributed by atoms with Crippen molar-refractivity contribution in [3.8, 4) is 0 Å². The van der Waals surface area contributed by atoms with Crippen molar-refractivity contribution in [2.75, 3.05) is 6.61 Å². The molecule has 22 heavy (non-hydrogen) atoms. The predicted molar refractivity (Wildman–Crippen MR) is 81.7 cm³/mol. The largest absolute Gasteiger partial charge is 0.394 e. The first-order valence-electron chi connectivity index (χ1n) is 7.07. The number of thiophene rings is 1. The first kappa shape index (κ1) is 15.4. The minimum Gasteiger partial charge on any atom is -0.394 e. The highest BCUT2D eigenvalue weighted by molar-refractivity contribution is 7.13. The number of hydrogen-bond acceptors (Lipinski definition) is 6. The highest BCUT2D eigenvalue weighted by Crippen LogP contribution is 2.31. The van der Waals surface area contributed by atoms with Crippen LogP contribution in [0.1, 0.15) is 16.2 Å². The summed E-state index contributed by atoms with van der Waals surface area (Å²) in [5.41, 5.74) is 6.80. The Morgan fingerprint density at radius 1 is 1.55 bits per heavy atom. The van der Waals surface area contributed by atoms with E-state index < -0.39 is 24.6 Å². The first-order chi connectivity index (χ1) is 10.5. The molecular formula is C14H19N3O4S. The third kappa shape index (κ3) is 2.75. The Kier molecular flexibility index (Phi) is 4.20. The first-order valence-corrected chi connectivity index (χ1v) is 7.88. The van der Waals surface area contributed by atoms with Gasteiger partial charge in [0.15, 0.2) is 0 Å². The molecule has 4 atom stereocenters. The van der Waals surface area contributed by atoms with Gasteiger partial charge in [0.2, 0.25) is 0 Å². The number of nitrogens with one attached hydrogen (secondary N) is 1. The lowest BCUT2D eigenvalue weighted by Gasteiger charge is -2.33. The van der Waals surface area contributed by atoms with Crippen molar-refractivity contribution in [2.45, 2.75) is 37.9 Å². The summed E-state index contributed by atoms with van der Waals surface area (Å²) >= 11 is 1.59. The molecule has 120 valence electrons. The second kappa shape index (κ2) is 5.98. The Labute approximate surface area is 132 Å². The predicted octanol–water partition coefficient (Wildman–Crippen LogP) is 0.176. The SMILES string of the molecule is Cc1ccc(C2=CN([C@@H]3CC(O)[C@H](CO)O3)C(=O)NC2N)s1. The molecule has 0 spiro atoms. The number of carbonyl (C=O) groups excluding carboxylic acids is 1. The molecular weight excluding hydrogens is 306 g/mol. The molecule has 2 aliphatic heterocycles. The van der Waals surface area contributed by atoms with Crippen LogP contribution in [0.3, 0.4) is 0 Å². The van der Waals surface area contributed by atoms with E-state index >= 15 is 0 Å². The minimum atomic E-state index is -0.792. The Morgan fingerprint density at radius 3 is 2.91 bits per heavy atom. The van der Waals surface area contributed by atoms with E-state index in [9.17, 15) is 9.90 Å². The number of aryl methyl sites for hydroxylation is 1. The lowest BCUT2D eigenvalue weighted by molar-refractivity contribution is -0.0539. The number of urea groups is 1. The number of ether oxygens (including phenoxy) is 1. The van der Waals surface area contributed by atoms with Crippen LogP contribution in [-0.2, 0) is 4.74 Å². The molecule has 7 nitrogen and oxygen atoms in total. The van der Waals surface area contributed by atoms with Crippen molar-refractivity contribution in [3.63, 3.8) is 0 Å². The van der Waals surface area contributed by atoms with Crippen molar-refractivity contribution >= 4 is 22.9 Å². The Morgan fingerprint density at radius 2 is 2.32 bits per heavy atom. The van der Waals surface area contributed by atoms with Gasteiger partial charge in [0.1, 0.15) is 18.5 Å². The zero-order valence-electron chi connectivity index (χ0n) is 12.1. The standard InChI is InChI=1S/C14H19N3O4S/c1-7-2-3-11(22-7)8-5-17(14(20)16-13(8)15)12-4-9(19)10(6-18)21-12/h2-3,5,9-10,12-13,18-19H,4,6,15H2,1H3,(H,16,20)/t9?,10-,12-,13?/m0/s1. The molecule has 2 unspecified atom stereocenters. The van der Waals surface area contributed by atoms with Gasteiger partial charge in [0, 0.05) is 27.9 Å². The Hall–Kier alpha value is -1.45. The van der Waals surface area contributed by atoms with Crippen LogP contribution in [0.4, 0.5) is 4.79 Å². The lowest BCUT2D eigenvalue weighted by Crippen LogP contribution is -2.54. The fourth-order valence-corrected chi connectivity index (χ4v) is 3.56. The van der Waals surface area contributed by atoms with E-state index in [1.54, 1.807) is 17.5 Å². The number of aliphatic hydroxyl groups excluding tert-OH is 2. The Balaban J connectivity index is 1.87. The summed E-state index contributed by atoms with van der Waals surface area (Å²) in [6, 6.07) is 3.58. The number of hydrogen-bond donors (Lipinski definition) is 4. The van der Waals surface area contributed by atoms with Gasteiger partial charge in [-0.3, -0.25) is 4.90 Å². The van der Waals surface area contributed by atoms with Gasteiger partial charge in [-0.05, 0) is 19.1 Å². The third-order valence-corrected chi connectivity index (χ3v) is 4.90. The zero-order chi connectivity index (χ0) is 15.9. The van der Waals surface area contributed by atoms with Crippen LogP contribution in [0.25, 0.3) is 5.57 Å². The van der Waals surface area contributed by atoms with Crippen LogP contribution in [-0.4, -0.2) is 52.4 Å². The number of nitrogens with two attached hydrogens (primary N) is 1. The average molecular weight is 325 g/mol. The normalized spacial score (nSPS) is 32.1. The van der Waals surface area contributed by atoms with Gasteiger partial charge in [-0.25, -0.2) is 4.79 Å². The second-order valence-electron chi connectivity index (χ2n) is 5.44. The van der Waals surface area contributed by atoms with Gasteiger partial charge in [-0.2, -0.15) is 0 Å². The fourth-order valence-electron chi connectivity index (χ4n) is 2.64. The molecule has 0 bridgehead atoms. The van der Waals surface area contributed by atoms with Gasteiger partial charge in [0.25, 0.3) is 0 Å². The van der Waals surface area contributed by atoms with E-state index in [1.165, 1.54) is 4.90 Å². The van der Waals surface area contributed by atoms with Crippen LogP contribution >= 0.6 is 11.3 Å². The highest BCUT2D eigenvalue weighted by Gasteiger charge is 2.40. The molecule has 0 aromatic carbocycles. The maximum Gasteiger partial charge on any atom is 0.325 e. The van der Waals surface area contributed by atoms with E-state index in [0.29, 0.717) is 0 Å². The van der Waals surface area contributed by atoms with Crippen molar-refractivity contribution in [3.05, 3.63) is 28.1 Å². The molecule has 5 N–H and O–H groups in total. The average Bonchev–Trinajstić information content (AvgIpc) is 3.05. The van der Waals surface area contributed by atoms with Crippen LogP contribution < -0.4 is 11.1 Å². The highest BCUT2D eigenvalue weighted by atomic mass is 32.1. The number of aliphatic hydroxyl groups is 2. The monoisotopic (exact) mass is 325 g/mol. The van der Waals surface area contributed by atoms with Crippen LogP contribution in [0.15, 0.2) is 18.3 Å². The van der Waals surface area contributed by atoms with Crippen LogP contribution in [0.2, 0.25) is 0 Å². The molecule has 3 heterocycles. The summed E-state index contributed by atoms with van der Waals surface area (Å²) in [6.45, 7) is 1.72. The molecule has 1 aromatic heterocycles. The lowest BCUT2D eigenvalue weighted by atomic mass is 10.1. The molecule has 0 saturated carbocycles. The van der Waals surface area contributed by atoms with Crippen molar-refractivity contribution in [1.29, 1.82) is 0 Å². The van der Waals surface area contributed by atoms with E-state index in [-0.39, 0.29) is 19.1 Å². The zero-order valence-corrected chi connectivity index (χ0v) is 12.9. The van der Waals surface area contributed by atoms with E-state index in [0.717, 1.165) is 15.3 Å². The topological polar surface area (TPSA) is 108 Å². The van der Waals surface area contributed by atoms with Crippen LogP contribution in [0, 0.1) is 6.92 Å². The van der Waals surface area contributed by atoms with Crippen molar-refractivity contribution in [2.24, 2.45) is 5.73 Å². The summed E-state index contributed by atoms with van der Waals surface area (Å²) in [6.07, 6.45) is -0.738. The summed E-state index contributed by atoms with van der Waals surface area (Å²) < 4.78 is 5.54. The van der Waals surface area contributed by atoms with Crippen LogP contribution in [0.5, 0.6) is 0 Å². The number of nitrogens with zero attached hydrogens (tertiary/aromatic N) is 1. The summed E-state index contributed by atoms with van der Waals surface area (Å²) in [5.74, 6) is 0.